The number of carbonyl (C=O) groups excluding carboxylic acids is 1. The lowest BCUT2D eigenvalue weighted by Crippen LogP contribution is -2.63. The summed E-state index contributed by atoms with van der Waals surface area (Å²) in [5.74, 6) is -1.28. The van der Waals surface area contributed by atoms with Gasteiger partial charge in [-0.15, -0.1) is 0 Å². The predicted octanol–water partition coefficient (Wildman–Crippen LogP) is -3.75. The first-order chi connectivity index (χ1) is 10.1. The minimum absolute atomic E-state index is 0.190. The first-order valence-electron chi connectivity index (χ1n) is 6.32. The summed E-state index contributed by atoms with van der Waals surface area (Å²) in [6.07, 6.45) is -5.24. The number of thiol groups is 1. The summed E-state index contributed by atoms with van der Waals surface area (Å²) in [7, 11) is 0. The molecule has 0 spiro atoms. The van der Waals surface area contributed by atoms with Gasteiger partial charge >= 0.3 is 5.97 Å². The molecule has 1 amide bonds. The first kappa shape index (κ1) is 21.0. The zero-order chi connectivity index (χ0) is 17.4. The fraction of sp³-hybridized carbons (Fsp3) is 0.818. The Morgan fingerprint density at radius 3 is 2.18 bits per heavy atom. The number of amides is 1. The number of carboxylic acid groups (broad SMARTS) is 1. The molecule has 1 aliphatic heterocycles. The zero-order valence-electron chi connectivity index (χ0n) is 11.9. The van der Waals surface area contributed by atoms with Crippen LogP contribution in [0.5, 0.6) is 0 Å². The fourth-order valence-electron chi connectivity index (χ4n) is 1.57. The number of ether oxygens (including phenoxy) is 1. The number of rotatable bonds is 4. The van der Waals surface area contributed by atoms with Crippen molar-refractivity contribution in [2.75, 3.05) is 12.4 Å². The summed E-state index contributed by atoms with van der Waals surface area (Å²) in [4.78, 5) is 20.5. The highest BCUT2D eigenvalue weighted by Crippen LogP contribution is 2.19. The van der Waals surface area contributed by atoms with Gasteiger partial charge in [0.15, 0.2) is 6.29 Å². The molecule has 1 unspecified atom stereocenters. The lowest BCUT2D eigenvalue weighted by atomic mass is 9.97. The molecule has 0 aromatic carbocycles. The molecule has 1 aliphatic rings. The van der Waals surface area contributed by atoms with Gasteiger partial charge in [0, 0.05) is 12.7 Å². The highest BCUT2D eigenvalue weighted by atomic mass is 32.1. The fourth-order valence-corrected chi connectivity index (χ4v) is 1.72. The van der Waals surface area contributed by atoms with Gasteiger partial charge in [-0.1, -0.05) is 0 Å². The van der Waals surface area contributed by atoms with E-state index in [1.807, 2.05) is 0 Å². The van der Waals surface area contributed by atoms with Gasteiger partial charge in [-0.3, -0.25) is 9.59 Å². The molecule has 6 atom stereocenters. The number of carboxylic acids is 1. The minimum Gasteiger partial charge on any atom is -0.480 e. The SMILES string of the molecule is CC(=O)N[C@H]1C(O)O[C@H](CO)[C@@H](O)[C@@H]1O.N[C@H](CS)C(=O)O. The predicted molar refractivity (Wildman–Crippen MR) is 77.0 cm³/mol. The summed E-state index contributed by atoms with van der Waals surface area (Å²) in [6.45, 7) is 0.687. The maximum atomic E-state index is 10.7. The van der Waals surface area contributed by atoms with Crippen LogP contribution < -0.4 is 11.1 Å². The lowest BCUT2D eigenvalue weighted by Gasteiger charge is -2.40. The summed E-state index contributed by atoms with van der Waals surface area (Å²) >= 11 is 3.65. The standard InChI is InChI=1S/C8H15NO6.C3H7NO2S/c1-3(11)9-5-7(13)6(12)4(2-10)15-8(5)14;4-2(1-7)3(5)6/h4-8,10,12-14H,2H2,1H3,(H,9,11);2,7H,1,4H2,(H,5,6)/t4-,5-,6-,7-,8?;2-/m11/s1. The van der Waals surface area contributed by atoms with Gasteiger partial charge in [-0.05, 0) is 0 Å². The number of nitrogens with two attached hydrogens (primary N) is 1. The third-order valence-corrected chi connectivity index (χ3v) is 3.18. The van der Waals surface area contributed by atoms with Crippen LogP contribution in [0.15, 0.2) is 0 Å². The Morgan fingerprint density at radius 1 is 1.32 bits per heavy atom. The highest BCUT2D eigenvalue weighted by Gasteiger charge is 2.43. The number of carbonyl (C=O) groups is 2. The van der Waals surface area contributed by atoms with E-state index in [1.54, 1.807) is 0 Å². The second kappa shape index (κ2) is 9.94. The number of aliphatic carboxylic acids is 1. The number of hydrogen-bond donors (Lipinski definition) is 8. The van der Waals surface area contributed by atoms with E-state index in [2.05, 4.69) is 17.9 Å². The van der Waals surface area contributed by atoms with Gasteiger partial charge in [0.1, 0.15) is 30.4 Å². The van der Waals surface area contributed by atoms with Crippen LogP contribution in [-0.2, 0) is 14.3 Å². The van der Waals surface area contributed by atoms with Crippen LogP contribution in [-0.4, -0.2) is 86.5 Å². The second-order valence-corrected chi connectivity index (χ2v) is 4.95. The first-order valence-corrected chi connectivity index (χ1v) is 6.95. The molecule has 0 bridgehead atoms. The Bertz CT molecular complexity index is 372. The van der Waals surface area contributed by atoms with E-state index >= 15 is 0 Å². The van der Waals surface area contributed by atoms with Crippen molar-refractivity contribution >= 4 is 24.5 Å². The van der Waals surface area contributed by atoms with E-state index in [9.17, 15) is 24.9 Å². The summed E-state index contributed by atoms with van der Waals surface area (Å²) in [5, 5.41) is 47.4. The van der Waals surface area contributed by atoms with Gasteiger partial charge < -0.3 is 41.3 Å². The van der Waals surface area contributed by atoms with Crippen LogP contribution in [0, 0.1) is 0 Å². The van der Waals surface area contributed by atoms with Crippen LogP contribution in [0.4, 0.5) is 0 Å². The van der Waals surface area contributed by atoms with Gasteiger partial charge in [0.25, 0.3) is 0 Å². The van der Waals surface area contributed by atoms with E-state index in [0.717, 1.165) is 0 Å². The molecule has 1 saturated heterocycles. The number of nitrogens with one attached hydrogen (secondary N) is 1. The van der Waals surface area contributed by atoms with Crippen molar-refractivity contribution in [1.82, 2.24) is 5.32 Å². The maximum Gasteiger partial charge on any atom is 0.321 e. The van der Waals surface area contributed by atoms with Crippen molar-refractivity contribution in [3.63, 3.8) is 0 Å². The molecule has 130 valence electrons. The maximum absolute atomic E-state index is 10.7. The average molecular weight is 342 g/mol. The molecule has 8 N–H and O–H groups in total. The smallest absolute Gasteiger partial charge is 0.321 e. The zero-order valence-corrected chi connectivity index (χ0v) is 12.8. The molecule has 10 nitrogen and oxygen atoms in total. The third-order valence-electron chi connectivity index (χ3n) is 2.78. The largest absolute Gasteiger partial charge is 0.480 e. The van der Waals surface area contributed by atoms with Crippen molar-refractivity contribution < 1.29 is 39.9 Å². The molecule has 0 aliphatic carbocycles. The molecule has 0 aromatic heterocycles. The van der Waals surface area contributed by atoms with Crippen LogP contribution in [0.2, 0.25) is 0 Å². The Kier molecular flexibility index (Phi) is 9.51. The molecule has 0 aromatic rings. The van der Waals surface area contributed by atoms with Gasteiger partial charge in [0.2, 0.25) is 5.91 Å². The quantitative estimate of drug-likeness (QED) is 0.238. The molecule has 1 fully saturated rings. The van der Waals surface area contributed by atoms with Crippen molar-refractivity contribution in [3.05, 3.63) is 0 Å². The topological polar surface area (TPSA) is 183 Å². The summed E-state index contributed by atoms with van der Waals surface area (Å²) < 4.78 is 4.81. The highest BCUT2D eigenvalue weighted by molar-refractivity contribution is 7.80. The van der Waals surface area contributed by atoms with Crippen molar-refractivity contribution in [3.8, 4) is 0 Å². The van der Waals surface area contributed by atoms with Crippen LogP contribution in [0.3, 0.4) is 0 Å². The minimum atomic E-state index is -1.45. The molecular weight excluding hydrogens is 320 g/mol. The van der Waals surface area contributed by atoms with E-state index < -0.39 is 55.2 Å². The van der Waals surface area contributed by atoms with Crippen molar-refractivity contribution in [2.24, 2.45) is 5.73 Å². The lowest BCUT2D eigenvalue weighted by molar-refractivity contribution is -0.253. The van der Waals surface area contributed by atoms with Gasteiger partial charge in [0.05, 0.1) is 6.61 Å². The second-order valence-electron chi connectivity index (χ2n) is 4.58. The molecule has 0 radical (unpaired) electrons. The number of hydrogen-bond acceptors (Lipinski definition) is 9. The van der Waals surface area contributed by atoms with Gasteiger partial charge in [-0.2, -0.15) is 12.6 Å². The molecule has 22 heavy (non-hydrogen) atoms. The van der Waals surface area contributed by atoms with Crippen molar-refractivity contribution in [2.45, 2.75) is 43.6 Å². The normalized spacial score (nSPS) is 32.4. The van der Waals surface area contributed by atoms with Gasteiger partial charge in [-0.25, -0.2) is 0 Å². The Morgan fingerprint density at radius 2 is 1.86 bits per heavy atom. The number of aliphatic hydroxyl groups is 4. The van der Waals surface area contributed by atoms with Crippen molar-refractivity contribution in [1.29, 1.82) is 0 Å². The Labute approximate surface area is 132 Å². The van der Waals surface area contributed by atoms with E-state index in [-0.39, 0.29) is 5.75 Å². The molecular formula is C11H22N2O8S. The van der Waals surface area contributed by atoms with Crippen LogP contribution in [0.1, 0.15) is 6.92 Å². The average Bonchev–Trinajstić information content (AvgIpc) is 2.46. The monoisotopic (exact) mass is 342 g/mol. The summed E-state index contributed by atoms with van der Waals surface area (Å²) in [6, 6.07) is -1.91. The molecule has 1 heterocycles. The molecule has 1 rings (SSSR count). The van der Waals surface area contributed by atoms with Crippen LogP contribution >= 0.6 is 12.6 Å². The number of aliphatic hydroxyl groups excluding tert-OH is 4. The Hall–Kier alpha value is -0.950. The van der Waals surface area contributed by atoms with E-state index in [1.165, 1.54) is 6.92 Å². The van der Waals surface area contributed by atoms with E-state index in [4.69, 9.17) is 20.7 Å². The third kappa shape index (κ3) is 6.44. The summed E-state index contributed by atoms with van der Waals surface area (Å²) in [5.41, 5.74) is 4.94. The van der Waals surface area contributed by atoms with E-state index in [0.29, 0.717) is 0 Å². The molecule has 0 saturated carbocycles. The van der Waals surface area contributed by atoms with Crippen LogP contribution in [0.25, 0.3) is 0 Å². The Balaban J connectivity index is 0.000000534. The molecule has 11 heteroatoms.